The summed E-state index contributed by atoms with van der Waals surface area (Å²) in [6.07, 6.45) is 3.01. The van der Waals surface area contributed by atoms with E-state index in [1.165, 1.54) is 21.0 Å². The van der Waals surface area contributed by atoms with E-state index in [1.807, 2.05) is 6.20 Å². The Hall–Kier alpha value is -1.19. The minimum atomic E-state index is 0.908. The van der Waals surface area contributed by atoms with Crippen molar-refractivity contribution in [3.8, 4) is 0 Å². The lowest BCUT2D eigenvalue weighted by molar-refractivity contribution is 0.700. The van der Waals surface area contributed by atoms with Crippen molar-refractivity contribution in [2.24, 2.45) is 0 Å². The van der Waals surface area contributed by atoms with E-state index in [-0.39, 0.29) is 0 Å². The monoisotopic (exact) mass is 246 g/mol. The number of aryl methyl sites for hydroxylation is 2. The highest BCUT2D eigenvalue weighted by atomic mass is 32.1. The van der Waals surface area contributed by atoms with Crippen molar-refractivity contribution in [2.45, 2.75) is 33.4 Å². The summed E-state index contributed by atoms with van der Waals surface area (Å²) in [6.45, 7) is 6.08. The van der Waals surface area contributed by atoms with Gasteiger partial charge in [-0.05, 0) is 18.9 Å². The highest BCUT2D eigenvalue weighted by Gasteiger charge is 1.99. The Morgan fingerprint density at radius 3 is 2.59 bits per heavy atom. The Morgan fingerprint density at radius 1 is 1.18 bits per heavy atom. The van der Waals surface area contributed by atoms with Crippen LogP contribution in [0.15, 0.2) is 30.5 Å². The number of hydrogen-bond donors (Lipinski definition) is 1. The number of nitrogens with zero attached hydrogens (tertiary/aromatic N) is 1. The number of thiazole rings is 1. The quantitative estimate of drug-likeness (QED) is 0.875. The molecule has 0 aliphatic rings. The molecule has 1 heterocycles. The lowest BCUT2D eigenvalue weighted by Crippen LogP contribution is -2.11. The number of rotatable bonds is 5. The van der Waals surface area contributed by atoms with Crippen LogP contribution in [0.1, 0.15) is 27.9 Å². The van der Waals surface area contributed by atoms with Crippen LogP contribution in [0, 0.1) is 6.92 Å². The van der Waals surface area contributed by atoms with E-state index in [2.05, 4.69) is 48.4 Å². The van der Waals surface area contributed by atoms with Gasteiger partial charge in [0.2, 0.25) is 0 Å². The van der Waals surface area contributed by atoms with E-state index in [9.17, 15) is 0 Å². The van der Waals surface area contributed by atoms with Gasteiger partial charge < -0.3 is 5.32 Å². The zero-order chi connectivity index (χ0) is 12.1. The van der Waals surface area contributed by atoms with E-state index < -0.39 is 0 Å². The highest BCUT2D eigenvalue weighted by Crippen LogP contribution is 2.13. The molecule has 3 heteroatoms. The first-order chi connectivity index (χ1) is 8.28. The molecule has 1 aromatic heterocycles. The maximum atomic E-state index is 4.35. The molecule has 17 heavy (non-hydrogen) atoms. The molecule has 0 bridgehead atoms. The van der Waals surface area contributed by atoms with Crippen LogP contribution >= 0.6 is 11.3 Å². The van der Waals surface area contributed by atoms with Crippen LogP contribution in [0.4, 0.5) is 0 Å². The summed E-state index contributed by atoms with van der Waals surface area (Å²) in [6, 6.07) is 8.65. The van der Waals surface area contributed by atoms with Gasteiger partial charge in [0.25, 0.3) is 0 Å². The van der Waals surface area contributed by atoms with Gasteiger partial charge in [0.15, 0.2) is 0 Å². The minimum absolute atomic E-state index is 0.908. The average molecular weight is 246 g/mol. The summed E-state index contributed by atoms with van der Waals surface area (Å²) in [5, 5.41) is 4.66. The van der Waals surface area contributed by atoms with Crippen LogP contribution in [0.5, 0.6) is 0 Å². The normalized spacial score (nSPS) is 10.7. The zero-order valence-electron chi connectivity index (χ0n) is 10.4. The number of hydrogen-bond acceptors (Lipinski definition) is 3. The van der Waals surface area contributed by atoms with Gasteiger partial charge in [-0.2, -0.15) is 0 Å². The Bertz CT molecular complexity index is 459. The zero-order valence-corrected chi connectivity index (χ0v) is 11.2. The summed E-state index contributed by atoms with van der Waals surface area (Å²) >= 11 is 1.80. The molecular formula is C14H18N2S. The molecule has 1 aromatic carbocycles. The van der Waals surface area contributed by atoms with Gasteiger partial charge in [-0.25, -0.2) is 4.98 Å². The summed E-state index contributed by atoms with van der Waals surface area (Å²) in [4.78, 5) is 5.66. The molecule has 0 aliphatic carbocycles. The highest BCUT2D eigenvalue weighted by molar-refractivity contribution is 7.11. The van der Waals surface area contributed by atoms with Crippen molar-refractivity contribution in [2.75, 3.05) is 0 Å². The summed E-state index contributed by atoms with van der Waals surface area (Å²) in [7, 11) is 0. The largest absolute Gasteiger partial charge is 0.308 e. The first-order valence-electron chi connectivity index (χ1n) is 5.97. The van der Waals surface area contributed by atoms with E-state index in [0.29, 0.717) is 0 Å². The first-order valence-corrected chi connectivity index (χ1v) is 6.79. The number of benzene rings is 1. The molecule has 0 amide bonds. The Morgan fingerprint density at radius 2 is 1.94 bits per heavy atom. The summed E-state index contributed by atoms with van der Waals surface area (Å²) < 4.78 is 0. The molecule has 0 spiro atoms. The molecule has 2 nitrogen and oxygen atoms in total. The molecule has 0 saturated heterocycles. The smallest absolute Gasteiger partial charge is 0.0925 e. The number of aromatic nitrogens is 1. The van der Waals surface area contributed by atoms with Crippen LogP contribution in [-0.2, 0) is 19.5 Å². The average Bonchev–Trinajstić information content (AvgIpc) is 2.80. The van der Waals surface area contributed by atoms with Gasteiger partial charge in [0, 0.05) is 24.2 Å². The van der Waals surface area contributed by atoms with E-state index in [1.54, 1.807) is 11.3 Å². The molecule has 0 radical (unpaired) electrons. The maximum Gasteiger partial charge on any atom is 0.0925 e. The van der Waals surface area contributed by atoms with Crippen molar-refractivity contribution >= 4 is 11.3 Å². The van der Waals surface area contributed by atoms with E-state index in [0.717, 1.165) is 19.5 Å². The van der Waals surface area contributed by atoms with Crippen molar-refractivity contribution in [3.63, 3.8) is 0 Å². The Kier molecular flexibility index (Phi) is 4.29. The fourth-order valence-electron chi connectivity index (χ4n) is 1.63. The molecule has 2 rings (SSSR count). The van der Waals surface area contributed by atoms with E-state index >= 15 is 0 Å². The third-order valence-corrected chi connectivity index (χ3v) is 3.79. The Labute approximate surface area is 107 Å². The Balaban J connectivity index is 1.81. The standard InChI is InChI=1S/C14H18N2S/c1-3-14-16-10-13(17-14)9-15-8-12-6-4-11(2)5-7-12/h4-7,10,15H,3,8-9H2,1-2H3. The van der Waals surface area contributed by atoms with Crippen molar-refractivity contribution in [3.05, 3.63) is 51.5 Å². The van der Waals surface area contributed by atoms with Gasteiger partial charge in [0.05, 0.1) is 5.01 Å². The van der Waals surface area contributed by atoms with Crippen LogP contribution in [-0.4, -0.2) is 4.98 Å². The van der Waals surface area contributed by atoms with Crippen molar-refractivity contribution in [1.29, 1.82) is 0 Å². The third-order valence-electron chi connectivity index (χ3n) is 2.65. The predicted octanol–water partition coefficient (Wildman–Crippen LogP) is 3.30. The SMILES string of the molecule is CCc1ncc(CNCc2ccc(C)cc2)s1. The van der Waals surface area contributed by atoms with Gasteiger partial charge in [-0.15, -0.1) is 11.3 Å². The van der Waals surface area contributed by atoms with Gasteiger partial charge in [-0.1, -0.05) is 36.8 Å². The topological polar surface area (TPSA) is 24.9 Å². The molecule has 90 valence electrons. The second kappa shape index (κ2) is 5.94. The fourth-order valence-corrected chi connectivity index (χ4v) is 2.46. The van der Waals surface area contributed by atoms with Crippen LogP contribution < -0.4 is 5.32 Å². The minimum Gasteiger partial charge on any atom is -0.308 e. The van der Waals surface area contributed by atoms with Crippen LogP contribution in [0.3, 0.4) is 0 Å². The second-order valence-electron chi connectivity index (χ2n) is 4.16. The fraction of sp³-hybridized carbons (Fsp3) is 0.357. The molecule has 0 saturated carbocycles. The predicted molar refractivity (Wildman–Crippen MR) is 73.2 cm³/mol. The van der Waals surface area contributed by atoms with Crippen molar-refractivity contribution < 1.29 is 0 Å². The molecule has 0 aliphatic heterocycles. The first kappa shape index (κ1) is 12.3. The maximum absolute atomic E-state index is 4.35. The van der Waals surface area contributed by atoms with Gasteiger partial charge in [0.1, 0.15) is 0 Å². The lowest BCUT2D eigenvalue weighted by Gasteiger charge is -2.03. The van der Waals surface area contributed by atoms with Crippen molar-refractivity contribution in [1.82, 2.24) is 10.3 Å². The molecular weight excluding hydrogens is 228 g/mol. The molecule has 0 unspecified atom stereocenters. The summed E-state index contributed by atoms with van der Waals surface area (Å²) in [5.41, 5.74) is 2.64. The third kappa shape index (κ3) is 3.65. The molecule has 0 atom stereocenters. The van der Waals surface area contributed by atoms with E-state index in [4.69, 9.17) is 0 Å². The molecule has 2 aromatic rings. The van der Waals surface area contributed by atoms with Crippen LogP contribution in [0.25, 0.3) is 0 Å². The second-order valence-corrected chi connectivity index (χ2v) is 5.36. The molecule has 1 N–H and O–H groups in total. The van der Waals surface area contributed by atoms with Gasteiger partial charge in [-0.3, -0.25) is 0 Å². The summed E-state index contributed by atoms with van der Waals surface area (Å²) in [5.74, 6) is 0. The lowest BCUT2D eigenvalue weighted by atomic mass is 10.1. The van der Waals surface area contributed by atoms with Gasteiger partial charge >= 0.3 is 0 Å². The van der Waals surface area contributed by atoms with Crippen LogP contribution in [0.2, 0.25) is 0 Å². The number of nitrogens with one attached hydrogen (secondary N) is 1. The molecule has 0 fully saturated rings.